The van der Waals surface area contributed by atoms with Gasteiger partial charge in [0.25, 0.3) is 0 Å². The van der Waals surface area contributed by atoms with Gasteiger partial charge in [0.2, 0.25) is 0 Å². The number of rotatable bonds is 2. The first-order valence-corrected chi connectivity index (χ1v) is 6.05. The zero-order valence-electron chi connectivity index (χ0n) is 10.5. The minimum atomic E-state index is 0.288. The van der Waals surface area contributed by atoms with E-state index in [1.807, 2.05) is 48.0 Å². The minimum Gasteiger partial charge on any atom is -0.295 e. The normalized spacial score (nSPS) is 10.5. The highest BCUT2D eigenvalue weighted by Crippen LogP contribution is 2.23. The Balaban J connectivity index is 2.35. The number of hydrogen-bond donors (Lipinski definition) is 0. The fourth-order valence-corrected chi connectivity index (χ4v) is 2.25. The SMILES string of the molecule is Cc1cnccc1-n1c(CC#N)nc2ccccc21. The molecule has 19 heavy (non-hydrogen) atoms. The Bertz CT molecular complexity index is 780. The molecule has 4 nitrogen and oxygen atoms in total. The fraction of sp³-hybridized carbons (Fsp3) is 0.133. The summed E-state index contributed by atoms with van der Waals surface area (Å²) in [5.74, 6) is 0.762. The van der Waals surface area contributed by atoms with Crippen LogP contribution < -0.4 is 0 Å². The van der Waals surface area contributed by atoms with Crippen LogP contribution >= 0.6 is 0 Å². The van der Waals surface area contributed by atoms with Gasteiger partial charge in [0.1, 0.15) is 5.82 Å². The van der Waals surface area contributed by atoms with E-state index in [4.69, 9.17) is 5.26 Å². The van der Waals surface area contributed by atoms with Gasteiger partial charge in [-0.3, -0.25) is 9.55 Å². The predicted molar refractivity (Wildman–Crippen MR) is 72.9 cm³/mol. The van der Waals surface area contributed by atoms with Crippen molar-refractivity contribution in [2.24, 2.45) is 0 Å². The zero-order valence-corrected chi connectivity index (χ0v) is 10.5. The first-order valence-electron chi connectivity index (χ1n) is 6.05. The van der Waals surface area contributed by atoms with Crippen molar-refractivity contribution in [2.75, 3.05) is 0 Å². The highest BCUT2D eigenvalue weighted by Gasteiger charge is 2.13. The van der Waals surface area contributed by atoms with Crippen molar-refractivity contribution in [1.29, 1.82) is 5.26 Å². The molecule has 0 aliphatic rings. The Hall–Kier alpha value is -2.67. The Morgan fingerprint density at radius 2 is 2.11 bits per heavy atom. The largest absolute Gasteiger partial charge is 0.295 e. The van der Waals surface area contributed by atoms with E-state index in [0.717, 1.165) is 28.1 Å². The van der Waals surface area contributed by atoms with Gasteiger partial charge in [-0.15, -0.1) is 0 Å². The lowest BCUT2D eigenvalue weighted by Gasteiger charge is -2.10. The van der Waals surface area contributed by atoms with Crippen LogP contribution in [0.3, 0.4) is 0 Å². The highest BCUT2D eigenvalue weighted by molar-refractivity contribution is 5.78. The summed E-state index contributed by atoms with van der Waals surface area (Å²) in [6.07, 6.45) is 3.87. The number of para-hydroxylation sites is 2. The fourth-order valence-electron chi connectivity index (χ4n) is 2.25. The zero-order chi connectivity index (χ0) is 13.2. The molecule has 3 rings (SSSR count). The van der Waals surface area contributed by atoms with Crippen LogP contribution in [0.5, 0.6) is 0 Å². The van der Waals surface area contributed by atoms with E-state index in [9.17, 15) is 0 Å². The molecule has 1 aromatic carbocycles. The third-order valence-electron chi connectivity index (χ3n) is 3.10. The maximum Gasteiger partial charge on any atom is 0.128 e. The smallest absolute Gasteiger partial charge is 0.128 e. The molecule has 0 saturated carbocycles. The second-order valence-corrected chi connectivity index (χ2v) is 4.35. The number of benzene rings is 1. The van der Waals surface area contributed by atoms with Gasteiger partial charge in [-0.2, -0.15) is 5.26 Å². The number of pyridine rings is 1. The van der Waals surface area contributed by atoms with E-state index in [-0.39, 0.29) is 6.42 Å². The van der Waals surface area contributed by atoms with E-state index >= 15 is 0 Å². The quantitative estimate of drug-likeness (QED) is 0.700. The van der Waals surface area contributed by atoms with Crippen molar-refractivity contribution in [3.8, 4) is 11.8 Å². The molecule has 92 valence electrons. The third-order valence-corrected chi connectivity index (χ3v) is 3.10. The van der Waals surface area contributed by atoms with Crippen LogP contribution in [0.25, 0.3) is 16.7 Å². The van der Waals surface area contributed by atoms with Crippen molar-refractivity contribution in [1.82, 2.24) is 14.5 Å². The van der Waals surface area contributed by atoms with Crippen LogP contribution in [-0.2, 0) is 6.42 Å². The van der Waals surface area contributed by atoms with Gasteiger partial charge >= 0.3 is 0 Å². The third kappa shape index (κ3) is 1.85. The Morgan fingerprint density at radius 3 is 2.89 bits per heavy atom. The summed E-state index contributed by atoms with van der Waals surface area (Å²) in [6, 6.07) is 12.0. The molecule has 0 aliphatic heterocycles. The lowest BCUT2D eigenvalue weighted by Crippen LogP contribution is -2.02. The van der Waals surface area contributed by atoms with E-state index in [1.54, 1.807) is 6.20 Å². The maximum atomic E-state index is 8.97. The number of hydrogen-bond acceptors (Lipinski definition) is 3. The van der Waals surface area contributed by atoms with Crippen molar-refractivity contribution in [3.63, 3.8) is 0 Å². The molecule has 0 amide bonds. The van der Waals surface area contributed by atoms with Gasteiger partial charge in [0, 0.05) is 12.4 Å². The molecule has 0 spiro atoms. The first kappa shape index (κ1) is 11.4. The van der Waals surface area contributed by atoms with E-state index in [0.29, 0.717) is 0 Å². The molecule has 0 saturated heterocycles. The van der Waals surface area contributed by atoms with Crippen molar-refractivity contribution in [3.05, 3.63) is 54.1 Å². The van der Waals surface area contributed by atoms with Crippen LogP contribution in [0.15, 0.2) is 42.7 Å². The number of aromatic nitrogens is 3. The number of nitrogens with zero attached hydrogens (tertiary/aromatic N) is 4. The van der Waals surface area contributed by atoms with E-state index < -0.39 is 0 Å². The lowest BCUT2D eigenvalue weighted by atomic mass is 10.2. The van der Waals surface area contributed by atoms with Crippen LogP contribution in [0.4, 0.5) is 0 Å². The lowest BCUT2D eigenvalue weighted by molar-refractivity contribution is 0.942. The van der Waals surface area contributed by atoms with Gasteiger partial charge < -0.3 is 0 Å². The predicted octanol–water partition coefficient (Wildman–Crippen LogP) is 2.80. The van der Waals surface area contributed by atoms with Gasteiger partial charge in [-0.25, -0.2) is 4.98 Å². The van der Waals surface area contributed by atoms with Crippen LogP contribution in [0.1, 0.15) is 11.4 Å². The summed E-state index contributed by atoms with van der Waals surface area (Å²) in [4.78, 5) is 8.65. The molecule has 0 N–H and O–H groups in total. The van der Waals surface area contributed by atoms with Crippen LogP contribution in [-0.4, -0.2) is 14.5 Å². The van der Waals surface area contributed by atoms with Gasteiger partial charge in [-0.05, 0) is 30.7 Å². The molecule has 2 heterocycles. The van der Waals surface area contributed by atoms with E-state index in [1.165, 1.54) is 0 Å². The molecule has 0 unspecified atom stereocenters. The molecule has 0 atom stereocenters. The Morgan fingerprint density at radius 1 is 1.26 bits per heavy atom. The van der Waals surface area contributed by atoms with Crippen LogP contribution in [0, 0.1) is 18.3 Å². The molecule has 0 aliphatic carbocycles. The summed E-state index contributed by atoms with van der Waals surface area (Å²) in [5, 5.41) is 8.97. The Labute approximate surface area is 111 Å². The second kappa shape index (κ2) is 4.54. The topological polar surface area (TPSA) is 54.5 Å². The van der Waals surface area contributed by atoms with Gasteiger partial charge in [-0.1, -0.05) is 12.1 Å². The summed E-state index contributed by atoms with van der Waals surface area (Å²) >= 11 is 0. The van der Waals surface area contributed by atoms with Crippen molar-refractivity contribution in [2.45, 2.75) is 13.3 Å². The minimum absolute atomic E-state index is 0.288. The maximum absolute atomic E-state index is 8.97. The molecule has 2 aromatic heterocycles. The first-order chi connectivity index (χ1) is 9.31. The van der Waals surface area contributed by atoms with E-state index in [2.05, 4.69) is 16.0 Å². The molecule has 4 heteroatoms. The average molecular weight is 248 g/mol. The summed E-state index contributed by atoms with van der Waals surface area (Å²) in [7, 11) is 0. The molecule has 3 aromatic rings. The monoisotopic (exact) mass is 248 g/mol. The summed E-state index contributed by atoms with van der Waals surface area (Å²) in [5.41, 5.74) is 4.00. The number of aryl methyl sites for hydroxylation is 1. The highest BCUT2D eigenvalue weighted by atomic mass is 15.1. The van der Waals surface area contributed by atoms with Crippen molar-refractivity contribution >= 4 is 11.0 Å². The molecule has 0 fully saturated rings. The molecule has 0 bridgehead atoms. The van der Waals surface area contributed by atoms with Gasteiger partial charge in [0.15, 0.2) is 0 Å². The molecular weight excluding hydrogens is 236 g/mol. The number of fused-ring (bicyclic) bond motifs is 1. The summed E-state index contributed by atoms with van der Waals surface area (Å²) < 4.78 is 2.04. The molecule has 0 radical (unpaired) electrons. The summed E-state index contributed by atoms with van der Waals surface area (Å²) in [6.45, 7) is 2.01. The average Bonchev–Trinajstić information content (AvgIpc) is 2.78. The molecular formula is C15H12N4. The number of nitriles is 1. The van der Waals surface area contributed by atoms with Gasteiger partial charge in [0.05, 0.1) is 29.2 Å². The standard InChI is InChI=1S/C15H12N4/c1-11-10-17-9-7-13(11)19-14-5-3-2-4-12(14)18-15(19)6-8-16/h2-5,7,9-10H,6H2,1H3. The van der Waals surface area contributed by atoms with Crippen LogP contribution in [0.2, 0.25) is 0 Å². The second-order valence-electron chi connectivity index (χ2n) is 4.35. The number of imidazole rings is 1. The van der Waals surface area contributed by atoms with Crippen molar-refractivity contribution < 1.29 is 0 Å². The Kier molecular flexibility index (Phi) is 2.73.